The van der Waals surface area contributed by atoms with Crippen molar-refractivity contribution in [1.29, 1.82) is 0 Å². The fraction of sp³-hybridized carbons (Fsp3) is 0.500. The van der Waals surface area contributed by atoms with Crippen LogP contribution >= 0.6 is 11.3 Å². The van der Waals surface area contributed by atoms with Gasteiger partial charge in [-0.25, -0.2) is 9.97 Å². The third kappa shape index (κ3) is 3.60. The van der Waals surface area contributed by atoms with Crippen molar-refractivity contribution < 1.29 is 4.74 Å². The fourth-order valence-corrected chi connectivity index (χ4v) is 5.51. The van der Waals surface area contributed by atoms with Crippen LogP contribution in [0.5, 0.6) is 5.88 Å². The SMILES string of the molecule is COc1cncc(N2CCN(Cc3nc(N)c4c5c(sc4n3)CCCC5)CC2)n1. The summed E-state index contributed by atoms with van der Waals surface area (Å²) in [7, 11) is 1.61. The molecule has 2 N–H and O–H groups in total. The number of piperazine rings is 1. The molecule has 9 heteroatoms. The van der Waals surface area contributed by atoms with Gasteiger partial charge >= 0.3 is 0 Å². The second-order valence-electron chi connectivity index (χ2n) is 7.60. The van der Waals surface area contributed by atoms with E-state index in [1.54, 1.807) is 30.8 Å². The van der Waals surface area contributed by atoms with Crippen molar-refractivity contribution in [3.63, 3.8) is 0 Å². The van der Waals surface area contributed by atoms with Gasteiger partial charge < -0.3 is 15.4 Å². The third-order valence-electron chi connectivity index (χ3n) is 5.76. The number of nitrogens with zero attached hydrogens (tertiary/aromatic N) is 6. The van der Waals surface area contributed by atoms with Gasteiger partial charge in [-0.1, -0.05) is 0 Å². The minimum absolute atomic E-state index is 0.542. The van der Waals surface area contributed by atoms with Crippen molar-refractivity contribution in [2.45, 2.75) is 32.2 Å². The van der Waals surface area contributed by atoms with Gasteiger partial charge in [-0.3, -0.25) is 9.88 Å². The number of rotatable bonds is 4. The lowest BCUT2D eigenvalue weighted by molar-refractivity contribution is 0.243. The molecule has 4 heterocycles. The van der Waals surface area contributed by atoms with Crippen LogP contribution in [0.3, 0.4) is 0 Å². The molecule has 0 bridgehead atoms. The van der Waals surface area contributed by atoms with Crippen LogP contribution in [-0.2, 0) is 19.4 Å². The molecule has 1 aliphatic heterocycles. The van der Waals surface area contributed by atoms with Crippen molar-refractivity contribution in [2.24, 2.45) is 0 Å². The Hall–Kier alpha value is -2.52. The maximum Gasteiger partial charge on any atom is 0.233 e. The number of anilines is 2. The highest BCUT2D eigenvalue weighted by molar-refractivity contribution is 7.19. The zero-order valence-electron chi connectivity index (χ0n) is 16.6. The number of hydrogen-bond donors (Lipinski definition) is 1. The summed E-state index contributed by atoms with van der Waals surface area (Å²) in [5, 5.41) is 1.11. The van der Waals surface area contributed by atoms with Crippen LogP contribution < -0.4 is 15.4 Å². The Bertz CT molecular complexity index is 1030. The van der Waals surface area contributed by atoms with E-state index in [-0.39, 0.29) is 0 Å². The van der Waals surface area contributed by atoms with Crippen molar-refractivity contribution >= 4 is 33.2 Å². The first-order chi connectivity index (χ1) is 14.2. The average molecular weight is 412 g/mol. The minimum atomic E-state index is 0.542. The number of nitrogen functional groups attached to an aromatic ring is 1. The van der Waals surface area contributed by atoms with E-state index in [1.165, 1.54) is 23.3 Å². The summed E-state index contributed by atoms with van der Waals surface area (Å²) in [6.07, 6.45) is 8.18. The molecule has 0 unspecified atom stereocenters. The summed E-state index contributed by atoms with van der Waals surface area (Å²) in [5.74, 6) is 2.87. The zero-order chi connectivity index (χ0) is 19.8. The molecule has 29 heavy (non-hydrogen) atoms. The van der Waals surface area contributed by atoms with Gasteiger partial charge in [-0.15, -0.1) is 11.3 Å². The maximum atomic E-state index is 6.36. The number of fused-ring (bicyclic) bond motifs is 3. The molecule has 0 spiro atoms. The fourth-order valence-electron chi connectivity index (χ4n) is 4.23. The number of aromatic nitrogens is 4. The normalized spacial score (nSPS) is 17.5. The Balaban J connectivity index is 1.28. The average Bonchev–Trinajstić information content (AvgIpc) is 3.13. The first-order valence-corrected chi connectivity index (χ1v) is 10.9. The van der Waals surface area contributed by atoms with E-state index in [0.717, 1.165) is 67.4 Å². The smallest absolute Gasteiger partial charge is 0.233 e. The molecule has 1 aliphatic carbocycles. The lowest BCUT2D eigenvalue weighted by atomic mass is 9.97. The Morgan fingerprint density at radius 1 is 1.07 bits per heavy atom. The van der Waals surface area contributed by atoms with Crippen molar-refractivity contribution in [3.05, 3.63) is 28.7 Å². The van der Waals surface area contributed by atoms with Gasteiger partial charge in [-0.2, -0.15) is 4.98 Å². The molecule has 3 aromatic heterocycles. The summed E-state index contributed by atoms with van der Waals surface area (Å²) in [6, 6.07) is 0. The number of methoxy groups -OCH3 is 1. The highest BCUT2D eigenvalue weighted by atomic mass is 32.1. The standard InChI is InChI=1S/C20H25N7OS/c1-28-17-11-22-10-16(25-17)27-8-6-26(7-9-27)12-15-23-19(21)18-13-4-2-3-5-14(13)29-20(18)24-15/h10-11H,2-9,12H2,1H3,(H2,21,23,24). The lowest BCUT2D eigenvalue weighted by Gasteiger charge is -2.34. The molecule has 5 rings (SSSR count). The van der Waals surface area contributed by atoms with E-state index >= 15 is 0 Å². The van der Waals surface area contributed by atoms with E-state index in [9.17, 15) is 0 Å². The first kappa shape index (κ1) is 18.5. The second kappa shape index (κ2) is 7.72. The molecule has 1 saturated heterocycles. The summed E-state index contributed by atoms with van der Waals surface area (Å²) >= 11 is 1.81. The van der Waals surface area contributed by atoms with E-state index in [2.05, 4.69) is 24.8 Å². The van der Waals surface area contributed by atoms with Gasteiger partial charge in [0.25, 0.3) is 0 Å². The van der Waals surface area contributed by atoms with E-state index in [4.69, 9.17) is 15.5 Å². The molecule has 2 aliphatic rings. The van der Waals surface area contributed by atoms with Crippen LogP contribution in [0.1, 0.15) is 29.1 Å². The Labute approximate surface area is 173 Å². The van der Waals surface area contributed by atoms with Crippen LogP contribution in [0, 0.1) is 0 Å². The van der Waals surface area contributed by atoms with Gasteiger partial charge in [0.15, 0.2) is 5.82 Å². The van der Waals surface area contributed by atoms with E-state index < -0.39 is 0 Å². The number of nitrogens with two attached hydrogens (primary N) is 1. The molecule has 0 radical (unpaired) electrons. The molecule has 1 fully saturated rings. The summed E-state index contributed by atoms with van der Waals surface area (Å²) in [5.41, 5.74) is 7.75. The van der Waals surface area contributed by atoms with Gasteiger partial charge in [0.05, 0.1) is 31.4 Å². The monoisotopic (exact) mass is 411 g/mol. The first-order valence-electron chi connectivity index (χ1n) is 10.1. The van der Waals surface area contributed by atoms with Crippen LogP contribution in [-0.4, -0.2) is 58.1 Å². The van der Waals surface area contributed by atoms with Crippen molar-refractivity contribution in [2.75, 3.05) is 43.9 Å². The number of ether oxygens (including phenoxy) is 1. The molecular formula is C20H25N7OS. The maximum absolute atomic E-state index is 6.36. The van der Waals surface area contributed by atoms with Gasteiger partial charge in [0, 0.05) is 31.1 Å². The number of aryl methyl sites for hydroxylation is 2. The van der Waals surface area contributed by atoms with E-state index in [1.807, 2.05) is 0 Å². The van der Waals surface area contributed by atoms with Crippen molar-refractivity contribution in [3.8, 4) is 5.88 Å². The minimum Gasteiger partial charge on any atom is -0.480 e. The highest BCUT2D eigenvalue weighted by Crippen LogP contribution is 2.37. The van der Waals surface area contributed by atoms with Crippen LogP contribution in [0.15, 0.2) is 12.4 Å². The molecule has 152 valence electrons. The lowest BCUT2D eigenvalue weighted by Crippen LogP contribution is -2.46. The Morgan fingerprint density at radius 2 is 1.90 bits per heavy atom. The second-order valence-corrected chi connectivity index (χ2v) is 8.68. The molecule has 0 aromatic carbocycles. The van der Waals surface area contributed by atoms with Crippen molar-refractivity contribution in [1.82, 2.24) is 24.8 Å². The molecule has 8 nitrogen and oxygen atoms in total. The Morgan fingerprint density at radius 3 is 2.72 bits per heavy atom. The molecule has 0 saturated carbocycles. The topological polar surface area (TPSA) is 93.3 Å². The molecule has 0 amide bonds. The van der Waals surface area contributed by atoms with Gasteiger partial charge in [0.1, 0.15) is 16.5 Å². The third-order valence-corrected chi connectivity index (χ3v) is 6.94. The summed E-state index contributed by atoms with van der Waals surface area (Å²) < 4.78 is 5.18. The van der Waals surface area contributed by atoms with Gasteiger partial charge in [-0.05, 0) is 31.2 Å². The zero-order valence-corrected chi connectivity index (χ0v) is 17.4. The van der Waals surface area contributed by atoms with Crippen LogP contribution in [0.4, 0.5) is 11.6 Å². The summed E-state index contributed by atoms with van der Waals surface area (Å²) in [4.78, 5) is 25.3. The largest absolute Gasteiger partial charge is 0.480 e. The molecule has 0 atom stereocenters. The van der Waals surface area contributed by atoms with E-state index in [0.29, 0.717) is 11.7 Å². The molecule has 3 aromatic rings. The Kier molecular flexibility index (Phi) is 4.92. The number of hydrogen-bond acceptors (Lipinski definition) is 9. The van der Waals surface area contributed by atoms with Crippen LogP contribution in [0.2, 0.25) is 0 Å². The highest BCUT2D eigenvalue weighted by Gasteiger charge is 2.23. The molecular weight excluding hydrogens is 386 g/mol. The number of thiophene rings is 1. The predicted molar refractivity (Wildman–Crippen MR) is 115 cm³/mol. The summed E-state index contributed by atoms with van der Waals surface area (Å²) in [6.45, 7) is 4.32. The quantitative estimate of drug-likeness (QED) is 0.699. The van der Waals surface area contributed by atoms with Gasteiger partial charge in [0.2, 0.25) is 5.88 Å². The van der Waals surface area contributed by atoms with Crippen LogP contribution in [0.25, 0.3) is 10.2 Å². The predicted octanol–water partition coefficient (Wildman–Crippen LogP) is 2.27.